The molecule has 2 rings (SSSR count). The van der Waals surface area contributed by atoms with E-state index in [1.54, 1.807) is 6.07 Å². The summed E-state index contributed by atoms with van der Waals surface area (Å²) >= 11 is 1.33. The Kier molecular flexibility index (Phi) is 5.57. The van der Waals surface area contributed by atoms with Crippen LogP contribution in [-0.4, -0.2) is 45.6 Å². The van der Waals surface area contributed by atoms with Gasteiger partial charge in [-0.3, -0.25) is 0 Å². The fourth-order valence-electron chi connectivity index (χ4n) is 2.31. The molecule has 1 aliphatic heterocycles. The molecule has 1 atom stereocenters. The largest absolute Gasteiger partial charge is 0.377 e. The highest BCUT2D eigenvalue weighted by atomic mass is 32.2. The summed E-state index contributed by atoms with van der Waals surface area (Å²) < 4.78 is 32.8. The number of hydrogen-bond donors (Lipinski definition) is 1. The van der Waals surface area contributed by atoms with Crippen LogP contribution in [0.25, 0.3) is 0 Å². The van der Waals surface area contributed by atoms with Gasteiger partial charge in [0.05, 0.1) is 6.10 Å². The summed E-state index contributed by atoms with van der Waals surface area (Å²) in [4.78, 5) is 1.03. The van der Waals surface area contributed by atoms with Crippen molar-refractivity contribution >= 4 is 21.4 Å². The van der Waals surface area contributed by atoms with Crippen LogP contribution >= 0.6 is 11.3 Å². The Bertz CT molecular complexity index is 521. The monoisotopic (exact) mass is 318 g/mol. The minimum atomic E-state index is -3.39. The number of sulfonamides is 1. The SMILES string of the molecule is CCN(CC1CCCO1)S(=O)(=O)c1ccc(CNC)s1. The number of nitrogens with zero attached hydrogens (tertiary/aromatic N) is 1. The molecule has 1 aromatic rings. The molecule has 0 aliphatic carbocycles. The second-order valence-corrected chi connectivity index (χ2v) is 8.17. The lowest BCUT2D eigenvalue weighted by Crippen LogP contribution is -2.36. The Morgan fingerprint density at radius 2 is 2.30 bits per heavy atom. The second kappa shape index (κ2) is 7.00. The van der Waals surface area contributed by atoms with Gasteiger partial charge in [-0.1, -0.05) is 6.92 Å². The predicted octanol–water partition coefficient (Wildman–Crippen LogP) is 1.66. The molecule has 114 valence electrons. The number of hydrogen-bond acceptors (Lipinski definition) is 5. The van der Waals surface area contributed by atoms with Crippen LogP contribution in [0.15, 0.2) is 16.3 Å². The van der Waals surface area contributed by atoms with Crippen LogP contribution in [0.4, 0.5) is 0 Å². The van der Waals surface area contributed by atoms with Gasteiger partial charge >= 0.3 is 0 Å². The molecule has 1 saturated heterocycles. The van der Waals surface area contributed by atoms with Gasteiger partial charge < -0.3 is 10.1 Å². The molecular weight excluding hydrogens is 296 g/mol. The lowest BCUT2D eigenvalue weighted by Gasteiger charge is -2.22. The maximum atomic E-state index is 12.6. The molecule has 1 N–H and O–H groups in total. The molecule has 0 saturated carbocycles. The Morgan fingerprint density at radius 3 is 2.90 bits per heavy atom. The number of thiophene rings is 1. The predicted molar refractivity (Wildman–Crippen MR) is 80.5 cm³/mol. The van der Waals surface area contributed by atoms with Crippen molar-refractivity contribution in [1.29, 1.82) is 0 Å². The first kappa shape index (κ1) is 15.9. The number of nitrogens with one attached hydrogen (secondary N) is 1. The quantitative estimate of drug-likeness (QED) is 0.830. The minimum Gasteiger partial charge on any atom is -0.377 e. The number of likely N-dealkylation sites (N-methyl/N-ethyl adjacent to an activating group) is 1. The minimum absolute atomic E-state index is 0.0430. The molecule has 0 spiro atoms. The third-order valence-corrected chi connectivity index (χ3v) is 6.86. The highest BCUT2D eigenvalue weighted by Crippen LogP contribution is 2.26. The summed E-state index contributed by atoms with van der Waals surface area (Å²) in [5.41, 5.74) is 0. The molecule has 0 radical (unpaired) electrons. The van der Waals surface area contributed by atoms with Gasteiger partial charge in [-0.2, -0.15) is 4.31 Å². The molecule has 0 bridgehead atoms. The van der Waals surface area contributed by atoms with Crippen LogP contribution in [0.5, 0.6) is 0 Å². The summed E-state index contributed by atoms with van der Waals surface area (Å²) in [7, 11) is -1.54. The maximum Gasteiger partial charge on any atom is 0.252 e. The van der Waals surface area contributed by atoms with Crippen molar-refractivity contribution in [3.8, 4) is 0 Å². The van der Waals surface area contributed by atoms with Crippen molar-refractivity contribution in [3.05, 3.63) is 17.0 Å². The van der Waals surface area contributed by atoms with Gasteiger partial charge in [-0.25, -0.2) is 8.42 Å². The molecule has 0 aromatic carbocycles. The molecule has 1 fully saturated rings. The molecule has 1 unspecified atom stereocenters. The molecule has 1 aromatic heterocycles. The van der Waals surface area contributed by atoms with E-state index in [4.69, 9.17) is 4.74 Å². The van der Waals surface area contributed by atoms with E-state index in [1.165, 1.54) is 15.6 Å². The van der Waals surface area contributed by atoms with E-state index in [1.807, 2.05) is 20.0 Å². The molecule has 5 nitrogen and oxygen atoms in total. The first-order valence-electron chi connectivity index (χ1n) is 6.93. The van der Waals surface area contributed by atoms with Gasteiger partial charge in [0.1, 0.15) is 4.21 Å². The molecule has 1 aliphatic rings. The standard InChI is InChI=1S/C13H22N2O3S2/c1-3-15(10-11-5-4-8-18-11)20(16,17)13-7-6-12(19-13)9-14-2/h6-7,11,14H,3-5,8-10H2,1-2H3. The summed E-state index contributed by atoms with van der Waals surface area (Å²) in [6.07, 6.45) is 2.01. The van der Waals surface area contributed by atoms with E-state index in [2.05, 4.69) is 5.32 Å². The smallest absolute Gasteiger partial charge is 0.252 e. The summed E-state index contributed by atoms with van der Waals surface area (Å²) in [5, 5.41) is 3.03. The van der Waals surface area contributed by atoms with Gasteiger partial charge in [0.15, 0.2) is 0 Å². The van der Waals surface area contributed by atoms with Crippen LogP contribution in [0.2, 0.25) is 0 Å². The van der Waals surface area contributed by atoms with Crippen molar-refractivity contribution < 1.29 is 13.2 Å². The third-order valence-electron chi connectivity index (χ3n) is 3.37. The second-order valence-electron chi connectivity index (χ2n) is 4.84. The normalized spacial score (nSPS) is 19.9. The summed E-state index contributed by atoms with van der Waals surface area (Å²) in [5.74, 6) is 0. The van der Waals surface area contributed by atoms with Crippen LogP contribution in [0.1, 0.15) is 24.6 Å². The fourth-order valence-corrected chi connectivity index (χ4v) is 5.31. The maximum absolute atomic E-state index is 12.6. The molecule has 7 heteroatoms. The Hall–Kier alpha value is -0.470. The van der Waals surface area contributed by atoms with Crippen molar-refractivity contribution in [1.82, 2.24) is 9.62 Å². The van der Waals surface area contributed by atoms with Crippen molar-refractivity contribution in [2.45, 2.75) is 36.6 Å². The Labute approximate surface area is 125 Å². The lowest BCUT2D eigenvalue weighted by atomic mass is 10.2. The highest BCUT2D eigenvalue weighted by molar-refractivity contribution is 7.91. The number of ether oxygens (including phenoxy) is 1. The molecule has 2 heterocycles. The first-order chi connectivity index (χ1) is 9.57. The topological polar surface area (TPSA) is 58.6 Å². The van der Waals surface area contributed by atoms with Crippen molar-refractivity contribution in [2.24, 2.45) is 0 Å². The zero-order valence-electron chi connectivity index (χ0n) is 12.0. The van der Waals surface area contributed by atoms with E-state index < -0.39 is 10.0 Å². The Balaban J connectivity index is 2.12. The Morgan fingerprint density at radius 1 is 1.50 bits per heavy atom. The molecule has 20 heavy (non-hydrogen) atoms. The lowest BCUT2D eigenvalue weighted by molar-refractivity contribution is 0.0947. The molecular formula is C13H22N2O3S2. The summed E-state index contributed by atoms with van der Waals surface area (Å²) in [6, 6.07) is 3.57. The van der Waals surface area contributed by atoms with Crippen molar-refractivity contribution in [2.75, 3.05) is 26.7 Å². The van der Waals surface area contributed by atoms with E-state index in [9.17, 15) is 8.42 Å². The van der Waals surface area contributed by atoms with Gasteiger partial charge in [-0.15, -0.1) is 11.3 Å². The average molecular weight is 318 g/mol. The van der Waals surface area contributed by atoms with Gasteiger partial charge in [0, 0.05) is 31.1 Å². The third kappa shape index (κ3) is 3.59. The van der Waals surface area contributed by atoms with Crippen LogP contribution in [-0.2, 0) is 21.3 Å². The van der Waals surface area contributed by atoms with Gasteiger partial charge in [-0.05, 0) is 32.0 Å². The van der Waals surface area contributed by atoms with Crippen molar-refractivity contribution in [3.63, 3.8) is 0 Å². The van der Waals surface area contributed by atoms with Crippen LogP contribution in [0.3, 0.4) is 0 Å². The first-order valence-corrected chi connectivity index (χ1v) is 9.18. The van der Waals surface area contributed by atoms with E-state index in [-0.39, 0.29) is 6.10 Å². The molecule has 0 amide bonds. The summed E-state index contributed by atoms with van der Waals surface area (Å²) in [6.45, 7) is 4.24. The average Bonchev–Trinajstić information content (AvgIpc) is 3.07. The van der Waals surface area contributed by atoms with Crippen LogP contribution in [0, 0.1) is 0 Å². The number of rotatable bonds is 7. The van der Waals surface area contributed by atoms with E-state index in [0.717, 1.165) is 24.3 Å². The van der Waals surface area contributed by atoms with Gasteiger partial charge in [0.25, 0.3) is 10.0 Å². The zero-order valence-corrected chi connectivity index (χ0v) is 13.6. The fraction of sp³-hybridized carbons (Fsp3) is 0.692. The van der Waals surface area contributed by atoms with E-state index in [0.29, 0.717) is 23.8 Å². The van der Waals surface area contributed by atoms with Gasteiger partial charge in [0.2, 0.25) is 0 Å². The van der Waals surface area contributed by atoms with E-state index >= 15 is 0 Å². The van der Waals surface area contributed by atoms with Crippen LogP contribution < -0.4 is 5.32 Å². The zero-order chi connectivity index (χ0) is 14.6. The highest BCUT2D eigenvalue weighted by Gasteiger charge is 2.28.